The maximum absolute atomic E-state index is 11.8. The van der Waals surface area contributed by atoms with Gasteiger partial charge in [-0.05, 0) is 13.3 Å². The van der Waals surface area contributed by atoms with Gasteiger partial charge in [0, 0.05) is 23.9 Å². The Morgan fingerprint density at radius 2 is 2.44 bits per heavy atom. The summed E-state index contributed by atoms with van der Waals surface area (Å²) in [4.78, 5) is 26.3. The van der Waals surface area contributed by atoms with Crippen molar-refractivity contribution < 1.29 is 19.4 Å². The number of nitrogens with one attached hydrogen (secondary N) is 1. The number of ether oxygens (including phenoxy) is 1. The molecule has 1 aromatic heterocycles. The van der Waals surface area contributed by atoms with E-state index in [2.05, 4.69) is 10.3 Å². The monoisotopic (exact) mass is 270 g/mol. The van der Waals surface area contributed by atoms with Gasteiger partial charge in [-0.2, -0.15) is 0 Å². The minimum absolute atomic E-state index is 0.00465. The molecule has 1 amide bonds. The predicted octanol–water partition coefficient (Wildman–Crippen LogP) is 0.996. The van der Waals surface area contributed by atoms with Gasteiger partial charge in [0.2, 0.25) is 5.01 Å². The lowest BCUT2D eigenvalue weighted by atomic mass is 10.0. The third-order valence-corrected chi connectivity index (χ3v) is 3.78. The van der Waals surface area contributed by atoms with Crippen LogP contribution >= 0.6 is 11.3 Å². The summed E-state index contributed by atoms with van der Waals surface area (Å²) in [5.41, 5.74) is 0.156. The molecule has 1 aliphatic rings. The van der Waals surface area contributed by atoms with Crippen molar-refractivity contribution in [1.82, 2.24) is 10.3 Å². The fourth-order valence-electron chi connectivity index (χ4n) is 1.82. The quantitative estimate of drug-likeness (QED) is 0.852. The third-order valence-electron chi connectivity index (χ3n) is 2.95. The number of amides is 1. The van der Waals surface area contributed by atoms with Gasteiger partial charge in [-0.25, -0.2) is 9.78 Å². The SMILES string of the molecule is CC(NC(=O)c1csc(C(=O)O)n1)C1CCOC1. The fourth-order valence-corrected chi connectivity index (χ4v) is 2.46. The molecule has 0 saturated carbocycles. The number of carbonyl (C=O) groups is 2. The van der Waals surface area contributed by atoms with Gasteiger partial charge in [0.1, 0.15) is 5.69 Å². The van der Waals surface area contributed by atoms with Crippen LogP contribution in [0.3, 0.4) is 0 Å². The number of rotatable bonds is 4. The number of aromatic carboxylic acids is 1. The van der Waals surface area contributed by atoms with E-state index in [9.17, 15) is 9.59 Å². The van der Waals surface area contributed by atoms with Crippen molar-refractivity contribution in [2.75, 3.05) is 13.2 Å². The molecule has 0 radical (unpaired) electrons. The molecule has 0 aliphatic carbocycles. The molecule has 1 aliphatic heterocycles. The molecule has 18 heavy (non-hydrogen) atoms. The average molecular weight is 270 g/mol. The predicted molar refractivity (Wildman–Crippen MR) is 64.9 cm³/mol. The second-order valence-corrected chi connectivity index (χ2v) is 5.09. The Hall–Kier alpha value is -1.47. The Morgan fingerprint density at radius 3 is 3.00 bits per heavy atom. The molecule has 0 bridgehead atoms. The number of carboxylic acid groups (broad SMARTS) is 1. The number of thiazole rings is 1. The molecule has 6 nitrogen and oxygen atoms in total. The van der Waals surface area contributed by atoms with Crippen molar-refractivity contribution in [3.63, 3.8) is 0 Å². The topological polar surface area (TPSA) is 88.5 Å². The van der Waals surface area contributed by atoms with Crippen molar-refractivity contribution in [2.45, 2.75) is 19.4 Å². The van der Waals surface area contributed by atoms with Crippen LogP contribution in [0.1, 0.15) is 33.6 Å². The highest BCUT2D eigenvalue weighted by molar-refractivity contribution is 7.11. The van der Waals surface area contributed by atoms with Crippen LogP contribution in [-0.2, 0) is 4.74 Å². The van der Waals surface area contributed by atoms with Crippen LogP contribution in [-0.4, -0.2) is 41.2 Å². The van der Waals surface area contributed by atoms with E-state index in [0.29, 0.717) is 12.5 Å². The van der Waals surface area contributed by atoms with Crippen molar-refractivity contribution in [2.24, 2.45) is 5.92 Å². The summed E-state index contributed by atoms with van der Waals surface area (Å²) in [6, 6.07) is -0.00465. The van der Waals surface area contributed by atoms with E-state index in [1.165, 1.54) is 5.38 Å². The van der Waals surface area contributed by atoms with Crippen molar-refractivity contribution in [3.05, 3.63) is 16.1 Å². The van der Waals surface area contributed by atoms with Crippen LogP contribution < -0.4 is 5.32 Å². The number of nitrogens with zero attached hydrogens (tertiary/aromatic N) is 1. The van der Waals surface area contributed by atoms with E-state index in [4.69, 9.17) is 9.84 Å². The summed E-state index contributed by atoms with van der Waals surface area (Å²) in [6.07, 6.45) is 0.929. The zero-order valence-electron chi connectivity index (χ0n) is 9.88. The number of hydrogen-bond donors (Lipinski definition) is 2. The van der Waals surface area contributed by atoms with Gasteiger partial charge in [-0.3, -0.25) is 4.79 Å². The van der Waals surface area contributed by atoms with Crippen LogP contribution in [0.25, 0.3) is 0 Å². The van der Waals surface area contributed by atoms with Gasteiger partial charge in [-0.1, -0.05) is 0 Å². The summed E-state index contributed by atoms with van der Waals surface area (Å²) < 4.78 is 5.26. The minimum atomic E-state index is -1.11. The molecular weight excluding hydrogens is 256 g/mol. The Labute approximate surface area is 108 Å². The zero-order valence-corrected chi connectivity index (χ0v) is 10.7. The standard InChI is InChI=1S/C11H14N2O4S/c1-6(7-2-3-17-4-7)12-9(14)8-5-18-10(13-8)11(15)16/h5-7H,2-4H2,1H3,(H,12,14)(H,15,16). The van der Waals surface area contributed by atoms with E-state index < -0.39 is 5.97 Å². The first-order chi connectivity index (χ1) is 8.58. The molecule has 2 N–H and O–H groups in total. The Bertz CT molecular complexity index is 454. The molecule has 2 unspecified atom stereocenters. The lowest BCUT2D eigenvalue weighted by Gasteiger charge is -2.18. The summed E-state index contributed by atoms with van der Waals surface area (Å²) >= 11 is 0.949. The highest BCUT2D eigenvalue weighted by atomic mass is 32.1. The summed E-state index contributed by atoms with van der Waals surface area (Å²) in [5, 5.41) is 12.9. The number of aromatic nitrogens is 1. The molecular formula is C11H14N2O4S. The Morgan fingerprint density at radius 1 is 1.67 bits per heavy atom. The van der Waals surface area contributed by atoms with E-state index in [0.717, 1.165) is 24.4 Å². The molecule has 7 heteroatoms. The van der Waals surface area contributed by atoms with Crippen LogP contribution in [0.15, 0.2) is 5.38 Å². The maximum Gasteiger partial charge on any atom is 0.365 e. The first-order valence-corrected chi connectivity index (χ1v) is 6.53. The van der Waals surface area contributed by atoms with Crippen molar-refractivity contribution >= 4 is 23.2 Å². The van der Waals surface area contributed by atoms with Gasteiger partial charge in [-0.15, -0.1) is 11.3 Å². The van der Waals surface area contributed by atoms with Crippen LogP contribution in [0.2, 0.25) is 0 Å². The average Bonchev–Trinajstić information content (AvgIpc) is 3.00. The van der Waals surface area contributed by atoms with Crippen molar-refractivity contribution in [1.29, 1.82) is 0 Å². The van der Waals surface area contributed by atoms with Gasteiger partial charge < -0.3 is 15.2 Å². The smallest absolute Gasteiger partial charge is 0.365 e. The first-order valence-electron chi connectivity index (χ1n) is 5.65. The Balaban J connectivity index is 1.95. The van der Waals surface area contributed by atoms with Crippen molar-refractivity contribution in [3.8, 4) is 0 Å². The molecule has 0 spiro atoms. The number of carboxylic acids is 1. The fraction of sp³-hybridized carbons (Fsp3) is 0.545. The number of carbonyl (C=O) groups excluding carboxylic acids is 1. The van der Waals surface area contributed by atoms with Gasteiger partial charge >= 0.3 is 5.97 Å². The van der Waals surface area contributed by atoms with Crippen LogP contribution in [0.4, 0.5) is 0 Å². The lowest BCUT2D eigenvalue weighted by Crippen LogP contribution is -2.38. The highest BCUT2D eigenvalue weighted by Crippen LogP contribution is 2.17. The largest absolute Gasteiger partial charge is 0.476 e. The molecule has 2 heterocycles. The molecule has 1 aromatic rings. The zero-order chi connectivity index (χ0) is 13.1. The number of hydrogen-bond acceptors (Lipinski definition) is 5. The van der Waals surface area contributed by atoms with Crippen LogP contribution in [0, 0.1) is 5.92 Å². The van der Waals surface area contributed by atoms with Gasteiger partial charge in [0.15, 0.2) is 0 Å². The normalized spacial score (nSPS) is 20.6. The van der Waals surface area contributed by atoms with E-state index in [1.54, 1.807) is 0 Å². The van der Waals surface area contributed by atoms with E-state index in [1.807, 2.05) is 6.92 Å². The van der Waals surface area contributed by atoms with Crippen LogP contribution in [0.5, 0.6) is 0 Å². The van der Waals surface area contributed by atoms with Gasteiger partial charge in [0.05, 0.1) is 6.61 Å². The third kappa shape index (κ3) is 2.85. The Kier molecular flexibility index (Phi) is 3.93. The summed E-state index contributed by atoms with van der Waals surface area (Å²) in [5.74, 6) is -1.14. The molecule has 1 fully saturated rings. The van der Waals surface area contributed by atoms with Gasteiger partial charge in [0.25, 0.3) is 5.91 Å². The van der Waals surface area contributed by atoms with E-state index >= 15 is 0 Å². The second-order valence-electron chi connectivity index (χ2n) is 4.23. The first kappa shape index (κ1) is 13.0. The van der Waals surface area contributed by atoms with E-state index in [-0.39, 0.29) is 22.7 Å². The molecule has 98 valence electrons. The minimum Gasteiger partial charge on any atom is -0.476 e. The summed E-state index contributed by atoms with van der Waals surface area (Å²) in [6.45, 7) is 3.30. The lowest BCUT2D eigenvalue weighted by molar-refractivity contribution is 0.0696. The molecule has 0 aromatic carbocycles. The highest BCUT2D eigenvalue weighted by Gasteiger charge is 2.24. The second kappa shape index (κ2) is 5.45. The molecule has 2 atom stereocenters. The molecule has 1 saturated heterocycles. The summed E-state index contributed by atoms with van der Waals surface area (Å²) in [7, 11) is 0. The maximum atomic E-state index is 11.8. The molecule has 2 rings (SSSR count).